The van der Waals surface area contributed by atoms with E-state index in [-0.39, 0.29) is 12.1 Å². The Labute approximate surface area is 147 Å². The number of para-hydroxylation sites is 2. The van der Waals surface area contributed by atoms with Gasteiger partial charge in [-0.2, -0.15) is 0 Å². The number of carbonyl (C=O) groups is 1. The maximum absolute atomic E-state index is 13.0. The maximum Gasteiger partial charge on any atom is 0.257 e. The fraction of sp³-hybridized carbons (Fsp3) is 0.316. The van der Waals surface area contributed by atoms with Gasteiger partial charge in [0.2, 0.25) is 0 Å². The quantitative estimate of drug-likeness (QED) is 0.875. The van der Waals surface area contributed by atoms with Crippen molar-refractivity contribution in [1.29, 1.82) is 0 Å². The Kier molecular flexibility index (Phi) is 5.09. The number of hydrogen-bond acceptors (Lipinski definition) is 5. The minimum absolute atomic E-state index is 0.0405. The van der Waals surface area contributed by atoms with Crippen molar-refractivity contribution in [2.75, 3.05) is 39.8 Å². The van der Waals surface area contributed by atoms with E-state index >= 15 is 0 Å². The fourth-order valence-corrected chi connectivity index (χ4v) is 3.09. The van der Waals surface area contributed by atoms with Gasteiger partial charge in [-0.15, -0.1) is 0 Å². The highest BCUT2D eigenvalue weighted by atomic mass is 16.5. The van der Waals surface area contributed by atoms with Crippen LogP contribution < -0.4 is 14.8 Å². The molecule has 0 aliphatic carbocycles. The predicted molar refractivity (Wildman–Crippen MR) is 95.3 cm³/mol. The Morgan fingerprint density at radius 2 is 1.84 bits per heavy atom. The van der Waals surface area contributed by atoms with Crippen molar-refractivity contribution in [2.45, 2.75) is 6.17 Å². The standard InChI is InChI=1S/C19H22N2O4/c1-23-12-11-21-18(14-8-6-10-16(24-2)17(14)25-3)20-15-9-5-4-7-13(15)19(21)22/h4-10,18,20H,11-12H2,1-3H3. The monoisotopic (exact) mass is 342 g/mol. The number of amides is 1. The molecule has 1 amide bonds. The Balaban J connectivity index is 2.08. The summed E-state index contributed by atoms with van der Waals surface area (Å²) in [5, 5.41) is 3.44. The summed E-state index contributed by atoms with van der Waals surface area (Å²) in [6, 6.07) is 13.1. The van der Waals surface area contributed by atoms with Crippen LogP contribution in [-0.4, -0.2) is 45.3 Å². The zero-order valence-corrected chi connectivity index (χ0v) is 14.6. The van der Waals surface area contributed by atoms with Crippen molar-refractivity contribution >= 4 is 11.6 Å². The molecule has 1 unspecified atom stereocenters. The molecule has 1 N–H and O–H groups in total. The molecule has 0 fully saturated rings. The lowest BCUT2D eigenvalue weighted by molar-refractivity contribution is 0.0607. The van der Waals surface area contributed by atoms with Gasteiger partial charge in [0, 0.05) is 24.9 Å². The average molecular weight is 342 g/mol. The molecule has 2 aromatic rings. The Hall–Kier alpha value is -2.73. The van der Waals surface area contributed by atoms with E-state index in [1.165, 1.54) is 0 Å². The zero-order valence-electron chi connectivity index (χ0n) is 14.6. The van der Waals surface area contributed by atoms with Gasteiger partial charge < -0.3 is 24.4 Å². The van der Waals surface area contributed by atoms with Crippen molar-refractivity contribution < 1.29 is 19.0 Å². The van der Waals surface area contributed by atoms with Crippen LogP contribution in [0.5, 0.6) is 11.5 Å². The predicted octanol–water partition coefficient (Wildman–Crippen LogP) is 2.92. The Morgan fingerprint density at radius 1 is 1.04 bits per heavy atom. The molecule has 1 atom stereocenters. The van der Waals surface area contributed by atoms with Crippen molar-refractivity contribution in [2.24, 2.45) is 0 Å². The van der Waals surface area contributed by atoms with Crippen molar-refractivity contribution in [3.8, 4) is 11.5 Å². The number of nitrogens with one attached hydrogen (secondary N) is 1. The van der Waals surface area contributed by atoms with Gasteiger partial charge in [-0.25, -0.2) is 0 Å². The second-order valence-corrected chi connectivity index (χ2v) is 5.67. The SMILES string of the molecule is COCCN1C(=O)c2ccccc2NC1c1cccc(OC)c1OC. The van der Waals surface area contributed by atoms with Crippen LogP contribution in [0.4, 0.5) is 5.69 Å². The number of hydrogen-bond donors (Lipinski definition) is 1. The number of methoxy groups -OCH3 is 3. The molecule has 1 heterocycles. The van der Waals surface area contributed by atoms with E-state index in [9.17, 15) is 4.79 Å². The lowest BCUT2D eigenvalue weighted by Gasteiger charge is -2.38. The third-order valence-corrected chi connectivity index (χ3v) is 4.29. The molecule has 1 aliphatic rings. The minimum Gasteiger partial charge on any atom is -0.493 e. The van der Waals surface area contributed by atoms with E-state index in [2.05, 4.69) is 5.32 Å². The first-order valence-corrected chi connectivity index (χ1v) is 8.07. The summed E-state index contributed by atoms with van der Waals surface area (Å²) < 4.78 is 16.2. The van der Waals surface area contributed by atoms with Gasteiger partial charge in [-0.1, -0.05) is 24.3 Å². The lowest BCUT2D eigenvalue weighted by Crippen LogP contribution is -2.44. The maximum atomic E-state index is 13.0. The first kappa shape index (κ1) is 17.1. The van der Waals surface area contributed by atoms with Crippen LogP contribution in [0.2, 0.25) is 0 Å². The third kappa shape index (κ3) is 3.13. The molecule has 6 heteroatoms. The molecule has 1 aliphatic heterocycles. The number of rotatable bonds is 6. The fourth-order valence-electron chi connectivity index (χ4n) is 3.09. The highest BCUT2D eigenvalue weighted by Crippen LogP contribution is 2.40. The first-order valence-electron chi connectivity index (χ1n) is 8.07. The number of carbonyl (C=O) groups excluding carboxylic acids is 1. The molecular formula is C19H22N2O4. The summed E-state index contributed by atoms with van der Waals surface area (Å²) >= 11 is 0. The summed E-state index contributed by atoms with van der Waals surface area (Å²) in [4.78, 5) is 14.8. The molecule has 0 saturated carbocycles. The molecule has 2 aromatic carbocycles. The van der Waals surface area contributed by atoms with Crippen LogP contribution in [0.1, 0.15) is 22.1 Å². The zero-order chi connectivity index (χ0) is 17.8. The van der Waals surface area contributed by atoms with E-state index in [4.69, 9.17) is 14.2 Å². The Bertz CT molecular complexity index is 763. The van der Waals surface area contributed by atoms with Crippen molar-refractivity contribution in [1.82, 2.24) is 4.90 Å². The average Bonchev–Trinajstić information content (AvgIpc) is 2.66. The van der Waals surface area contributed by atoms with Crippen LogP contribution in [0.3, 0.4) is 0 Å². The van der Waals surface area contributed by atoms with Gasteiger partial charge in [0.05, 0.1) is 26.4 Å². The summed E-state index contributed by atoms with van der Waals surface area (Å²) in [6.07, 6.45) is -0.373. The number of nitrogens with zero attached hydrogens (tertiary/aromatic N) is 1. The van der Waals surface area contributed by atoms with Gasteiger partial charge in [-0.3, -0.25) is 4.79 Å². The molecule has 0 radical (unpaired) electrons. The molecular weight excluding hydrogens is 320 g/mol. The van der Waals surface area contributed by atoms with Crippen molar-refractivity contribution in [3.05, 3.63) is 53.6 Å². The van der Waals surface area contributed by atoms with Crippen LogP contribution in [0.15, 0.2) is 42.5 Å². The molecule has 6 nitrogen and oxygen atoms in total. The molecule has 132 valence electrons. The van der Waals surface area contributed by atoms with E-state index < -0.39 is 0 Å². The second-order valence-electron chi connectivity index (χ2n) is 5.67. The highest BCUT2D eigenvalue weighted by molar-refractivity contribution is 6.01. The van der Waals surface area contributed by atoms with E-state index in [1.807, 2.05) is 42.5 Å². The molecule has 0 aromatic heterocycles. The molecule has 0 saturated heterocycles. The first-order chi connectivity index (χ1) is 12.2. The smallest absolute Gasteiger partial charge is 0.257 e. The van der Waals surface area contributed by atoms with Gasteiger partial charge >= 0.3 is 0 Å². The van der Waals surface area contributed by atoms with Crippen LogP contribution in [0.25, 0.3) is 0 Å². The largest absolute Gasteiger partial charge is 0.493 e. The van der Waals surface area contributed by atoms with E-state index in [1.54, 1.807) is 26.2 Å². The normalized spacial score (nSPS) is 16.2. The summed E-state index contributed by atoms with van der Waals surface area (Å²) in [5.74, 6) is 1.19. The number of fused-ring (bicyclic) bond motifs is 1. The minimum atomic E-state index is -0.373. The number of ether oxygens (including phenoxy) is 3. The summed E-state index contributed by atoms with van der Waals surface area (Å²) in [7, 11) is 4.81. The third-order valence-electron chi connectivity index (χ3n) is 4.29. The van der Waals surface area contributed by atoms with E-state index in [0.717, 1.165) is 11.3 Å². The van der Waals surface area contributed by atoms with E-state index in [0.29, 0.717) is 30.2 Å². The van der Waals surface area contributed by atoms with Gasteiger partial charge in [0.1, 0.15) is 6.17 Å². The molecule has 0 bridgehead atoms. The molecule has 25 heavy (non-hydrogen) atoms. The number of anilines is 1. The highest BCUT2D eigenvalue weighted by Gasteiger charge is 2.34. The van der Waals surface area contributed by atoms with Crippen LogP contribution in [-0.2, 0) is 4.74 Å². The van der Waals surface area contributed by atoms with Gasteiger partial charge in [0.25, 0.3) is 5.91 Å². The Morgan fingerprint density at radius 3 is 2.56 bits per heavy atom. The summed E-state index contributed by atoms with van der Waals surface area (Å²) in [5.41, 5.74) is 2.29. The van der Waals surface area contributed by atoms with Crippen LogP contribution >= 0.6 is 0 Å². The lowest BCUT2D eigenvalue weighted by atomic mass is 10.0. The van der Waals surface area contributed by atoms with Gasteiger partial charge in [0.15, 0.2) is 11.5 Å². The summed E-state index contributed by atoms with van der Waals surface area (Å²) in [6.45, 7) is 0.903. The second kappa shape index (κ2) is 7.44. The number of benzene rings is 2. The topological polar surface area (TPSA) is 60.0 Å². The van der Waals surface area contributed by atoms with Crippen LogP contribution in [0, 0.1) is 0 Å². The van der Waals surface area contributed by atoms with Crippen molar-refractivity contribution in [3.63, 3.8) is 0 Å². The molecule has 0 spiro atoms. The van der Waals surface area contributed by atoms with Gasteiger partial charge in [-0.05, 0) is 18.2 Å². The molecule has 3 rings (SSSR count).